The van der Waals surface area contributed by atoms with Crippen molar-refractivity contribution >= 4 is 12.6 Å². The summed E-state index contributed by atoms with van der Waals surface area (Å²) in [7, 11) is 0. The highest BCUT2D eigenvalue weighted by molar-refractivity contribution is 5.51. The first-order valence-electron chi connectivity index (χ1n) is 21.8. The number of ether oxygens (including phenoxy) is 6. The number of carbonyl (C=O) groups excluding carboxylic acids is 2. The van der Waals surface area contributed by atoms with Crippen molar-refractivity contribution in [2.45, 2.75) is 158 Å². The summed E-state index contributed by atoms with van der Waals surface area (Å²) < 4.78 is 729. The van der Waals surface area contributed by atoms with Crippen LogP contribution in [0.4, 0.5) is 237 Å². The van der Waals surface area contributed by atoms with Gasteiger partial charge in [0.2, 0.25) is 0 Å². The zero-order valence-corrected chi connectivity index (χ0v) is 43.5. The Labute approximate surface area is 496 Å². The van der Waals surface area contributed by atoms with E-state index < -0.39 is 221 Å². The molecule has 98 heavy (non-hydrogen) atoms. The summed E-state index contributed by atoms with van der Waals surface area (Å²) in [6.45, 7) is -24.2. The van der Waals surface area contributed by atoms with Crippen molar-refractivity contribution in [1.82, 2.24) is 0 Å². The quantitative estimate of drug-likeness (QED) is 0.0782. The minimum Gasteiger partial charge on any atom is -0.350 e. The third-order valence-corrected chi connectivity index (χ3v) is 11.8. The highest BCUT2D eigenvalue weighted by Gasteiger charge is 2.92. The van der Waals surface area contributed by atoms with E-state index >= 15 is 0 Å². The monoisotopic (exact) mass is 1600 g/mol. The van der Waals surface area contributed by atoms with Crippen molar-refractivity contribution < 1.29 is 275 Å². The minimum atomic E-state index is -8.04. The fourth-order valence-corrected chi connectivity index (χ4v) is 6.89. The van der Waals surface area contributed by atoms with Gasteiger partial charge in [-0.2, -0.15) is 237 Å². The first-order valence-corrected chi connectivity index (χ1v) is 21.8. The van der Waals surface area contributed by atoms with Gasteiger partial charge in [-0.05, 0) is 0 Å². The summed E-state index contributed by atoms with van der Waals surface area (Å²) in [5.74, 6) is 0. The highest BCUT2D eigenvalue weighted by atomic mass is 19.5. The Morgan fingerprint density at radius 2 is 0.224 bits per heavy atom. The van der Waals surface area contributed by atoms with E-state index in [0.29, 0.717) is 0 Å². The lowest BCUT2D eigenvalue weighted by Crippen LogP contribution is -2.70. The lowest BCUT2D eigenvalue weighted by Gasteiger charge is -2.45. The third kappa shape index (κ3) is 17.3. The molecule has 0 aliphatic heterocycles. The van der Waals surface area contributed by atoms with Crippen LogP contribution in [-0.4, -0.2) is 197 Å². The fourth-order valence-electron chi connectivity index (χ4n) is 6.89. The van der Waals surface area contributed by atoms with Crippen LogP contribution in [-0.2, 0) is 38.0 Å². The molecule has 0 radical (unpaired) electrons. The number of hydrogen-bond donors (Lipinski definition) is 0. The van der Waals surface area contributed by atoms with Crippen molar-refractivity contribution in [3.8, 4) is 0 Å². The first-order chi connectivity index (χ1) is 41.9. The van der Waals surface area contributed by atoms with Gasteiger partial charge in [0.15, 0.2) is 0 Å². The second-order valence-corrected chi connectivity index (χ2v) is 18.5. The number of halogens is 54. The van der Waals surface area contributed by atoms with E-state index in [1.165, 1.54) is 0 Å². The van der Waals surface area contributed by atoms with Crippen LogP contribution >= 0.6 is 0 Å². The van der Waals surface area contributed by atoms with Crippen molar-refractivity contribution in [2.24, 2.45) is 10.8 Å². The maximum absolute atomic E-state index is 13.2. The Morgan fingerprint density at radius 1 is 0.153 bits per heavy atom. The van der Waals surface area contributed by atoms with Crippen LogP contribution in [0.15, 0.2) is 0 Å². The zero-order chi connectivity index (χ0) is 80.3. The van der Waals surface area contributed by atoms with Crippen LogP contribution in [0.5, 0.6) is 0 Å². The molecule has 0 fully saturated rings. The van der Waals surface area contributed by atoms with E-state index in [-0.39, 0.29) is 0 Å². The summed E-state index contributed by atoms with van der Waals surface area (Å²) >= 11 is 0. The van der Waals surface area contributed by atoms with Crippen LogP contribution in [0.25, 0.3) is 0 Å². The van der Waals surface area contributed by atoms with Crippen molar-refractivity contribution in [2.75, 3.05) is 39.6 Å². The molecule has 8 nitrogen and oxygen atoms in total. The normalized spacial score (nSPS) is 16.3. The maximum Gasteiger partial charge on any atom is 0.435 e. The molecule has 0 rings (SSSR count). The van der Waals surface area contributed by atoms with Gasteiger partial charge in [-0.15, -0.1) is 0 Å². The average molecular weight is 1600 g/mol. The molecular formula is C36H18F54O8. The fraction of sp³-hybridized carbons (Fsp3) is 0.944. The molecule has 0 saturated heterocycles. The molecule has 0 amide bonds. The predicted octanol–water partition coefficient (Wildman–Crippen LogP) is 17.8. The predicted molar refractivity (Wildman–Crippen MR) is 187 cm³/mol. The van der Waals surface area contributed by atoms with Crippen molar-refractivity contribution in [3.05, 3.63) is 0 Å². The molecule has 0 bridgehead atoms. The van der Waals surface area contributed by atoms with E-state index in [4.69, 9.17) is 0 Å². The van der Waals surface area contributed by atoms with Gasteiger partial charge in [-0.3, -0.25) is 0 Å². The van der Waals surface area contributed by atoms with Crippen LogP contribution in [0.1, 0.15) is 12.8 Å². The number of hydrogen-bond acceptors (Lipinski definition) is 8. The standard InChI is InChI=1S/2C18H9F27O4/c2*19-10(20,21)7(11(22,23)24,12(25,26)27)47-3-6(1-2-46,4-48-8(13(28,29)30,14(31,32)33)15(34,35)36)5-49-9(16(37,38)39,17(40,41)42)18(43,44)45/h2*2H,1,3-5H2. The molecule has 0 aliphatic rings. The Kier molecular flexibility index (Phi) is 26.8. The van der Waals surface area contributed by atoms with Crippen LogP contribution in [0.2, 0.25) is 0 Å². The van der Waals surface area contributed by atoms with Gasteiger partial charge in [-0.1, -0.05) is 0 Å². The summed E-state index contributed by atoms with van der Waals surface area (Å²) in [5, 5.41) is 0. The largest absolute Gasteiger partial charge is 0.435 e. The molecule has 0 saturated carbocycles. The van der Waals surface area contributed by atoms with Gasteiger partial charge in [0.1, 0.15) is 12.6 Å². The lowest BCUT2D eigenvalue weighted by atomic mass is 9.85. The summed E-state index contributed by atoms with van der Waals surface area (Å²) in [6, 6.07) is 0. The maximum atomic E-state index is 13.2. The Hall–Kier alpha value is -4.68. The molecular weight excluding hydrogens is 1590 g/mol. The topological polar surface area (TPSA) is 89.5 Å². The van der Waals surface area contributed by atoms with Gasteiger partial charge in [0.05, 0.1) is 39.6 Å². The number of carbonyl (C=O) groups is 2. The molecule has 0 heterocycles. The molecule has 588 valence electrons. The third-order valence-electron chi connectivity index (χ3n) is 11.8. The molecule has 0 aromatic heterocycles. The van der Waals surface area contributed by atoms with E-state index in [9.17, 15) is 247 Å². The molecule has 0 spiro atoms. The summed E-state index contributed by atoms with van der Waals surface area (Å²) in [5.41, 5.74) is -57.8. The van der Waals surface area contributed by atoms with Crippen molar-refractivity contribution in [1.29, 1.82) is 0 Å². The van der Waals surface area contributed by atoms with E-state index in [0.717, 1.165) is 0 Å². The van der Waals surface area contributed by atoms with Gasteiger partial charge in [0, 0.05) is 23.7 Å². The number of aldehydes is 2. The first kappa shape index (κ1) is 95.4. The van der Waals surface area contributed by atoms with Gasteiger partial charge in [-0.25, -0.2) is 0 Å². The zero-order valence-electron chi connectivity index (χ0n) is 43.5. The average Bonchev–Trinajstić information content (AvgIpc) is 0.745. The number of rotatable bonds is 22. The molecule has 0 N–H and O–H groups in total. The smallest absolute Gasteiger partial charge is 0.350 e. The Bertz CT molecular complexity index is 1910. The molecule has 0 atom stereocenters. The molecule has 0 aromatic rings. The SMILES string of the molecule is O=CCC(COC(C(F)(F)F)(C(F)(F)F)C(F)(F)F)(COC(C(F)(F)F)(C(F)(F)F)C(F)(F)F)COC(C(F)(F)F)(C(F)(F)F)C(F)(F)F.O=CCC(COC(C(F)(F)F)(C(F)(F)F)C(F)(F)F)(COC(C(F)(F)F)(C(F)(F)F)C(F)(F)F)COC(C(F)(F)F)(C(F)(F)F)C(F)(F)F. The molecule has 0 unspecified atom stereocenters. The van der Waals surface area contributed by atoms with Gasteiger partial charge in [0.25, 0.3) is 0 Å². The van der Waals surface area contributed by atoms with Crippen LogP contribution in [0, 0.1) is 10.8 Å². The molecule has 62 heteroatoms. The Balaban J connectivity index is 0. The second-order valence-electron chi connectivity index (χ2n) is 18.5. The molecule has 0 aromatic carbocycles. The van der Waals surface area contributed by atoms with Crippen LogP contribution in [0.3, 0.4) is 0 Å². The van der Waals surface area contributed by atoms with E-state index in [1.807, 2.05) is 0 Å². The van der Waals surface area contributed by atoms with E-state index in [1.54, 1.807) is 0 Å². The van der Waals surface area contributed by atoms with Gasteiger partial charge >= 0.3 is 145 Å². The van der Waals surface area contributed by atoms with Crippen molar-refractivity contribution in [3.63, 3.8) is 0 Å². The Morgan fingerprint density at radius 3 is 0.276 bits per heavy atom. The molecule has 0 aliphatic carbocycles. The highest BCUT2D eigenvalue weighted by Crippen LogP contribution is 2.63. The van der Waals surface area contributed by atoms with E-state index in [2.05, 4.69) is 28.4 Å². The van der Waals surface area contributed by atoms with Crippen LogP contribution < -0.4 is 0 Å². The minimum absolute atomic E-state index is 1.46. The summed E-state index contributed by atoms with van der Waals surface area (Å²) in [6.07, 6.45) is -154. The summed E-state index contributed by atoms with van der Waals surface area (Å²) in [4.78, 5) is 22.0. The second kappa shape index (κ2) is 27.5. The number of alkyl halides is 54. The lowest BCUT2D eigenvalue weighted by molar-refractivity contribution is -0.476. The van der Waals surface area contributed by atoms with Gasteiger partial charge < -0.3 is 38.0 Å².